The Morgan fingerprint density at radius 1 is 0.310 bits per heavy atom. The molecule has 15 aromatic carbocycles. The van der Waals surface area contributed by atoms with E-state index in [1.807, 2.05) is 324 Å². The van der Waals surface area contributed by atoms with Gasteiger partial charge in [0, 0.05) is 67.7 Å². The number of aryl methyl sites for hydroxylation is 4. The highest BCUT2D eigenvalue weighted by atomic mass is 16.6. The lowest BCUT2D eigenvalue weighted by Gasteiger charge is -2.06. The van der Waals surface area contributed by atoms with E-state index in [2.05, 4.69) is 25.0 Å². The first-order valence-corrected chi connectivity index (χ1v) is 46.6. The minimum Gasteiger partial charge on any atom is -0.507 e. The van der Waals surface area contributed by atoms with Crippen molar-refractivity contribution in [3.05, 3.63) is 459 Å². The molecule has 0 aliphatic rings. The summed E-state index contributed by atoms with van der Waals surface area (Å²) in [4.78, 5) is 94.2. The molecule has 0 saturated heterocycles. The van der Waals surface area contributed by atoms with Crippen molar-refractivity contribution in [3.63, 3.8) is 0 Å². The van der Waals surface area contributed by atoms with Crippen LogP contribution in [0, 0.1) is 37.8 Å². The van der Waals surface area contributed by atoms with Gasteiger partial charge < -0.3 is 45.2 Å². The van der Waals surface area contributed by atoms with Crippen LogP contribution in [0.4, 0.5) is 5.69 Å². The zero-order chi connectivity index (χ0) is 99.8. The number of rotatable bonds is 26. The zero-order valence-corrected chi connectivity index (χ0v) is 78.9. The van der Waals surface area contributed by atoms with Gasteiger partial charge in [-0.1, -0.05) is 236 Å². The topological polar surface area (TPSA) is 325 Å². The van der Waals surface area contributed by atoms with Crippen LogP contribution in [0.2, 0.25) is 0 Å². The number of hydrogen-bond donors (Lipinski definition) is 1. The quantitative estimate of drug-likeness (QED) is 0.0228. The number of aromatic hydroxyl groups is 1. The number of fused-ring (bicyclic) bond motifs is 15. The Morgan fingerprint density at radius 2 is 0.662 bits per heavy atom. The molecule has 23 aromatic rings. The summed E-state index contributed by atoms with van der Waals surface area (Å²) in [6.45, 7) is 7.86. The van der Waals surface area contributed by atoms with Gasteiger partial charge in [0.1, 0.15) is 113 Å². The smallest absolute Gasteiger partial charge is 0.273 e. The third-order valence-corrected chi connectivity index (χ3v) is 24.2. The number of carbonyl (C=O) groups excluding carboxylic acids is 5. The molecule has 0 unspecified atom stereocenters. The van der Waals surface area contributed by atoms with E-state index >= 15 is 0 Å². The summed E-state index contributed by atoms with van der Waals surface area (Å²) >= 11 is 0. The Labute approximate surface area is 828 Å². The highest BCUT2D eigenvalue weighted by molar-refractivity contribution is 6.14. The van der Waals surface area contributed by atoms with Crippen molar-refractivity contribution in [3.8, 4) is 34.1 Å². The highest BCUT2D eigenvalue weighted by Crippen LogP contribution is 2.37. The normalized spacial score (nSPS) is 11.6. The summed E-state index contributed by atoms with van der Waals surface area (Å²) in [6.07, 6.45) is 7.80. The number of Topliss-reactive ketones (excluding diaryl/α,β-unsaturated/α-hetero) is 5. The number of ketones is 5. The van der Waals surface area contributed by atoms with E-state index in [1.54, 1.807) is 80.2 Å². The Balaban J connectivity index is 0.000000115. The summed E-state index contributed by atoms with van der Waals surface area (Å²) in [6, 6.07) is 115. The molecular formula is C122H90N6O17. The summed E-state index contributed by atoms with van der Waals surface area (Å²) in [5, 5.41) is 36.6. The number of nitro groups is 1. The maximum atomic E-state index is 12.6. The minimum absolute atomic E-state index is 0.00167. The number of phenolic OH excluding ortho intramolecular Hbond substituents is 1. The van der Waals surface area contributed by atoms with Gasteiger partial charge in [-0.05, 0) is 226 Å². The molecule has 0 aliphatic carbocycles. The molecule has 23 rings (SSSR count). The lowest BCUT2D eigenvalue weighted by molar-refractivity contribution is -0.385. The SMILES string of the molecule is Cc1ccc(-c2ccc(C=NCC(=O)c3cc4c(ccc5ccccc54)o3)o2)cc1.Cc1ccc(-c2ccc(C=NCC(=O)c3cc4c(ccc5ccccc54)o3)o2)cc1[N+](=O)[O-].Cc1ccc(C=NCC(=O)c2cc3c(ccc4ccccc43)o2)o1.Cc1cccc(C=NCC(=O)c2cc3c(ccc4ccccc43)o2)c1O.O=C(CN=Cc1ccc(OCc2ccccc2)cc1)c1cc2c(ccc3ccccc32)o1. The van der Waals surface area contributed by atoms with Crippen LogP contribution >= 0.6 is 0 Å². The Bertz CT molecular complexity index is 8960. The van der Waals surface area contributed by atoms with Crippen molar-refractivity contribution in [1.82, 2.24) is 0 Å². The number of furan rings is 8. The van der Waals surface area contributed by atoms with Crippen molar-refractivity contribution in [2.75, 3.05) is 32.7 Å². The maximum Gasteiger partial charge on any atom is 0.273 e. The third kappa shape index (κ3) is 22.4. The molecule has 0 aliphatic heterocycles. The van der Waals surface area contributed by atoms with Crippen LogP contribution in [0.3, 0.4) is 0 Å². The van der Waals surface area contributed by atoms with E-state index in [1.165, 1.54) is 24.1 Å². The fraction of sp³-hybridized carbons (Fsp3) is 0.0820. The van der Waals surface area contributed by atoms with Gasteiger partial charge in [0.15, 0.2) is 28.8 Å². The molecule has 0 spiro atoms. The molecule has 1 N–H and O–H groups in total. The summed E-state index contributed by atoms with van der Waals surface area (Å²) < 4.78 is 51.4. The average Bonchev–Trinajstić information content (AvgIpc) is 1.66. The average molecular weight is 1910 g/mol. The number of ether oxygens (including phenoxy) is 1. The molecule has 0 radical (unpaired) electrons. The van der Waals surface area contributed by atoms with Crippen molar-refractivity contribution in [2.24, 2.45) is 25.0 Å². The van der Waals surface area contributed by atoms with Crippen LogP contribution in [0.1, 0.15) is 109 Å². The van der Waals surface area contributed by atoms with Gasteiger partial charge in [0.25, 0.3) is 5.69 Å². The van der Waals surface area contributed by atoms with E-state index in [4.69, 9.17) is 40.1 Å². The highest BCUT2D eigenvalue weighted by Gasteiger charge is 2.22. The molecule has 23 heteroatoms. The molecule has 0 atom stereocenters. The second-order valence-corrected chi connectivity index (χ2v) is 34.3. The number of nitro benzene ring substituents is 1. The van der Waals surface area contributed by atoms with Crippen molar-refractivity contribution in [1.29, 1.82) is 0 Å². The monoisotopic (exact) mass is 1910 g/mol. The summed E-state index contributed by atoms with van der Waals surface area (Å²) in [5.74, 6) is 5.32. The first-order valence-electron chi connectivity index (χ1n) is 46.6. The molecule has 8 aromatic heterocycles. The number of nitrogens with zero attached hydrogens (tertiary/aromatic N) is 6. The predicted molar refractivity (Wildman–Crippen MR) is 570 cm³/mol. The van der Waals surface area contributed by atoms with Crippen LogP contribution in [0.15, 0.2) is 424 Å². The molecule has 0 amide bonds. The number of phenols is 1. The van der Waals surface area contributed by atoms with Gasteiger partial charge in [0.05, 0.1) is 23.6 Å². The molecule has 710 valence electrons. The van der Waals surface area contributed by atoms with Gasteiger partial charge in [-0.25, -0.2) is 0 Å². The molecular weight excluding hydrogens is 1820 g/mol. The minimum atomic E-state index is -0.420. The van der Waals surface area contributed by atoms with E-state index in [-0.39, 0.29) is 78.8 Å². The van der Waals surface area contributed by atoms with E-state index in [0.29, 0.717) is 97.3 Å². The first-order chi connectivity index (χ1) is 70.8. The molecule has 0 saturated carbocycles. The van der Waals surface area contributed by atoms with E-state index in [0.717, 1.165) is 120 Å². The number of hydrogen-bond acceptors (Lipinski definition) is 22. The lowest BCUT2D eigenvalue weighted by atomic mass is 10.1. The van der Waals surface area contributed by atoms with Crippen LogP contribution in [-0.4, -0.2) is 103 Å². The van der Waals surface area contributed by atoms with Gasteiger partial charge in [-0.2, -0.15) is 0 Å². The van der Waals surface area contributed by atoms with Crippen LogP contribution < -0.4 is 4.74 Å². The van der Waals surface area contributed by atoms with Gasteiger partial charge >= 0.3 is 0 Å². The molecule has 8 heterocycles. The number of carbonyl (C=O) groups is 5. The van der Waals surface area contributed by atoms with Crippen molar-refractivity contribution in [2.45, 2.75) is 34.3 Å². The maximum absolute atomic E-state index is 12.6. The summed E-state index contributed by atoms with van der Waals surface area (Å²) in [7, 11) is 0. The molecule has 0 bridgehead atoms. The van der Waals surface area contributed by atoms with Gasteiger partial charge in [-0.3, -0.25) is 59.0 Å². The predicted octanol–water partition coefficient (Wildman–Crippen LogP) is 29.0. The largest absolute Gasteiger partial charge is 0.507 e. The van der Waals surface area contributed by atoms with Gasteiger partial charge in [0.2, 0.25) is 28.9 Å². The fourth-order valence-corrected chi connectivity index (χ4v) is 16.7. The molecule has 23 nitrogen and oxygen atoms in total. The van der Waals surface area contributed by atoms with Crippen LogP contribution in [-0.2, 0) is 6.61 Å². The Hall–Kier alpha value is -19.2. The molecule has 0 fully saturated rings. The fourth-order valence-electron chi connectivity index (χ4n) is 16.7. The summed E-state index contributed by atoms with van der Waals surface area (Å²) in [5.41, 5.74) is 10.3. The number of aliphatic imine (C=N–C) groups is 5. The molecule has 145 heavy (non-hydrogen) atoms. The van der Waals surface area contributed by atoms with Crippen LogP contribution in [0.5, 0.6) is 11.5 Å². The third-order valence-electron chi connectivity index (χ3n) is 24.2. The van der Waals surface area contributed by atoms with Gasteiger partial charge in [-0.15, -0.1) is 0 Å². The van der Waals surface area contributed by atoms with E-state index in [9.17, 15) is 39.2 Å². The Kier molecular flexibility index (Phi) is 28.4. The van der Waals surface area contributed by atoms with Crippen molar-refractivity contribution < 1.29 is 74.1 Å². The Morgan fingerprint density at radius 3 is 1.05 bits per heavy atom. The lowest BCUT2D eigenvalue weighted by Crippen LogP contribution is -2.02. The second kappa shape index (κ2) is 43.5. The zero-order valence-electron chi connectivity index (χ0n) is 78.9. The standard InChI is InChI=1S/C28H21NO3.C26H18N2O5.C26H19NO3.C22H17NO3.C20H15NO3/c30-26(28-16-25-24-9-5-4-8-22(24)12-15-27(25)32-28)18-29-17-20-10-13-23(14-11-20)31-19-21-6-2-1-3-7-21;1-16-6-7-18(12-22(16)28(30)31)24-11-9-19(32-24)14-27-15-23(29)26-13-21-20-5-3-2-4-17(20)8-10-25(21)33-26;1-17-6-8-19(9-7-17)24-13-11-20(29-24)15-27-16-23(28)26-14-22-21-5-3-2-4-18(21)10-12-25(22)30-26;1-14-5-4-7-16(22(14)25)12-23-13-19(24)21-11-18-17-8-3-2-6-15(17)9-10-20(18)26-21;1-13-6-8-15(23-13)11-21-12-18(22)20-10-17-16-5-3-2-4-14(16)7-9-19(17)24-20/h1-17H,18-19H2;2-14H,15H2,1H3;2-15H,16H2,1H3;2-12,25H,13H2,1H3;2-11H,12H2,1H3. The second-order valence-electron chi connectivity index (χ2n) is 34.3. The first kappa shape index (κ1) is 94.8. The number of para-hydroxylation sites is 1. The van der Waals surface area contributed by atoms with Crippen LogP contribution in [0.25, 0.3) is 131 Å². The van der Waals surface area contributed by atoms with Crippen molar-refractivity contribution >= 4 is 174 Å². The number of benzene rings is 15. The van der Waals surface area contributed by atoms with E-state index < -0.39 is 4.92 Å².